The molecular weight excluding hydrogens is 290 g/mol. The van der Waals surface area contributed by atoms with E-state index in [-0.39, 0.29) is 0 Å². The minimum absolute atomic E-state index is 0.656. The summed E-state index contributed by atoms with van der Waals surface area (Å²) >= 11 is 3.26. The zero-order valence-corrected chi connectivity index (χ0v) is 12.6. The molecule has 0 saturated carbocycles. The quantitative estimate of drug-likeness (QED) is 0.666. The summed E-state index contributed by atoms with van der Waals surface area (Å²) in [4.78, 5) is 4.61. The lowest BCUT2D eigenvalue weighted by molar-refractivity contribution is 0.470. The van der Waals surface area contributed by atoms with Crippen molar-refractivity contribution in [2.45, 2.75) is 23.4 Å². The fourth-order valence-electron chi connectivity index (χ4n) is 1.68. The van der Waals surface area contributed by atoms with Gasteiger partial charge in [-0.25, -0.2) is 4.98 Å². The van der Waals surface area contributed by atoms with Gasteiger partial charge < -0.3 is 4.42 Å². The van der Waals surface area contributed by atoms with Crippen LogP contribution in [-0.2, 0) is 12.2 Å². The SMILES string of the molecule is CCc1nnc(CSc2nc(-c3ccccc3)cs2)o1. The fourth-order valence-corrected chi connectivity index (χ4v) is 3.35. The Labute approximate surface area is 125 Å². The van der Waals surface area contributed by atoms with E-state index in [1.54, 1.807) is 23.1 Å². The molecule has 3 aromatic rings. The standard InChI is InChI=1S/C14H13N3OS2/c1-2-12-16-17-13(18-12)9-20-14-15-11(8-19-14)10-6-4-3-5-7-10/h3-8H,2,9H2,1H3. The molecule has 6 heteroatoms. The van der Waals surface area contributed by atoms with E-state index >= 15 is 0 Å². The average molecular weight is 303 g/mol. The summed E-state index contributed by atoms with van der Waals surface area (Å²) in [5.41, 5.74) is 2.15. The minimum atomic E-state index is 0.656. The van der Waals surface area contributed by atoms with E-state index in [0.717, 1.165) is 22.0 Å². The number of thioether (sulfide) groups is 1. The van der Waals surface area contributed by atoms with Crippen LogP contribution in [0, 0.1) is 0 Å². The molecule has 2 aromatic heterocycles. The molecule has 0 aliphatic carbocycles. The Bertz CT molecular complexity index is 679. The Morgan fingerprint density at radius 3 is 2.70 bits per heavy atom. The molecule has 0 unspecified atom stereocenters. The molecule has 4 nitrogen and oxygen atoms in total. The van der Waals surface area contributed by atoms with Crippen LogP contribution in [0.2, 0.25) is 0 Å². The van der Waals surface area contributed by atoms with Crippen LogP contribution in [-0.4, -0.2) is 15.2 Å². The average Bonchev–Trinajstić information content (AvgIpc) is 3.15. The summed E-state index contributed by atoms with van der Waals surface area (Å²) in [6, 6.07) is 10.2. The molecule has 0 aliphatic rings. The number of thiazole rings is 1. The van der Waals surface area contributed by atoms with Crippen LogP contribution in [0.1, 0.15) is 18.7 Å². The maximum absolute atomic E-state index is 5.48. The Kier molecular flexibility index (Phi) is 4.13. The zero-order valence-electron chi connectivity index (χ0n) is 10.9. The molecule has 0 fully saturated rings. The topological polar surface area (TPSA) is 51.8 Å². The normalized spacial score (nSPS) is 10.8. The van der Waals surface area contributed by atoms with Crippen LogP contribution in [0.3, 0.4) is 0 Å². The third kappa shape index (κ3) is 3.08. The fraction of sp³-hybridized carbons (Fsp3) is 0.214. The van der Waals surface area contributed by atoms with Gasteiger partial charge in [-0.2, -0.15) is 0 Å². The van der Waals surface area contributed by atoms with Crippen LogP contribution in [0.25, 0.3) is 11.3 Å². The Morgan fingerprint density at radius 2 is 1.95 bits per heavy atom. The largest absolute Gasteiger partial charge is 0.424 e. The summed E-state index contributed by atoms with van der Waals surface area (Å²) in [5, 5.41) is 10.0. The Hall–Kier alpha value is -1.66. The maximum atomic E-state index is 5.48. The molecule has 102 valence electrons. The Morgan fingerprint density at radius 1 is 1.15 bits per heavy atom. The third-order valence-electron chi connectivity index (χ3n) is 2.68. The van der Waals surface area contributed by atoms with Gasteiger partial charge in [-0.15, -0.1) is 21.5 Å². The van der Waals surface area contributed by atoms with Crippen molar-refractivity contribution in [2.24, 2.45) is 0 Å². The van der Waals surface area contributed by atoms with Gasteiger partial charge >= 0.3 is 0 Å². The van der Waals surface area contributed by atoms with Gasteiger partial charge in [0.25, 0.3) is 0 Å². The van der Waals surface area contributed by atoms with E-state index in [2.05, 4.69) is 32.7 Å². The van der Waals surface area contributed by atoms with Crippen molar-refractivity contribution in [1.29, 1.82) is 0 Å². The predicted octanol–water partition coefficient (Wildman–Crippen LogP) is 4.05. The van der Waals surface area contributed by atoms with Crippen molar-refractivity contribution in [2.75, 3.05) is 0 Å². The van der Waals surface area contributed by atoms with Crippen molar-refractivity contribution in [1.82, 2.24) is 15.2 Å². The van der Waals surface area contributed by atoms with Gasteiger partial charge in [0, 0.05) is 17.4 Å². The second kappa shape index (κ2) is 6.19. The van der Waals surface area contributed by atoms with Gasteiger partial charge in [0.2, 0.25) is 11.8 Å². The molecule has 0 aliphatic heterocycles. The van der Waals surface area contributed by atoms with Gasteiger partial charge in [-0.3, -0.25) is 0 Å². The van der Waals surface area contributed by atoms with Crippen molar-refractivity contribution in [3.8, 4) is 11.3 Å². The van der Waals surface area contributed by atoms with E-state index in [9.17, 15) is 0 Å². The minimum Gasteiger partial charge on any atom is -0.424 e. The van der Waals surface area contributed by atoms with Crippen LogP contribution in [0.4, 0.5) is 0 Å². The number of rotatable bonds is 5. The van der Waals surface area contributed by atoms with Gasteiger partial charge in [0.05, 0.1) is 11.4 Å². The monoisotopic (exact) mass is 303 g/mol. The lowest BCUT2D eigenvalue weighted by atomic mass is 10.2. The first-order valence-corrected chi connectivity index (χ1v) is 8.16. The summed E-state index contributed by atoms with van der Waals surface area (Å²) in [7, 11) is 0. The molecule has 3 rings (SSSR count). The first kappa shape index (κ1) is 13.3. The number of nitrogens with zero attached hydrogens (tertiary/aromatic N) is 3. The highest BCUT2D eigenvalue weighted by atomic mass is 32.2. The van der Waals surface area contributed by atoms with Crippen LogP contribution >= 0.6 is 23.1 Å². The summed E-state index contributed by atoms with van der Waals surface area (Å²) in [5.74, 6) is 2.00. The molecule has 0 atom stereocenters. The first-order chi connectivity index (χ1) is 9.85. The lowest BCUT2D eigenvalue weighted by Crippen LogP contribution is -1.81. The van der Waals surface area contributed by atoms with E-state index in [4.69, 9.17) is 4.42 Å². The highest BCUT2D eigenvalue weighted by molar-refractivity contribution is 8.00. The number of aromatic nitrogens is 3. The summed E-state index contributed by atoms with van der Waals surface area (Å²) in [6.45, 7) is 2.00. The van der Waals surface area contributed by atoms with E-state index < -0.39 is 0 Å². The highest BCUT2D eigenvalue weighted by Gasteiger charge is 2.08. The third-order valence-corrected chi connectivity index (χ3v) is 4.69. The van der Waals surface area contributed by atoms with Gasteiger partial charge in [-0.1, -0.05) is 49.0 Å². The van der Waals surface area contributed by atoms with Crippen LogP contribution < -0.4 is 0 Å². The van der Waals surface area contributed by atoms with Crippen molar-refractivity contribution >= 4 is 23.1 Å². The molecule has 0 bridgehead atoms. The van der Waals surface area contributed by atoms with Gasteiger partial charge in [-0.05, 0) is 0 Å². The van der Waals surface area contributed by atoms with E-state index in [1.807, 2.05) is 25.1 Å². The second-order valence-electron chi connectivity index (χ2n) is 4.10. The molecule has 2 heterocycles. The maximum Gasteiger partial charge on any atom is 0.226 e. The predicted molar refractivity (Wildman–Crippen MR) is 80.8 cm³/mol. The van der Waals surface area contributed by atoms with Gasteiger partial charge in [0.1, 0.15) is 0 Å². The zero-order chi connectivity index (χ0) is 13.8. The number of hydrogen-bond donors (Lipinski definition) is 0. The molecule has 0 radical (unpaired) electrons. The molecular formula is C14H13N3OS2. The lowest BCUT2D eigenvalue weighted by Gasteiger charge is -1.94. The smallest absolute Gasteiger partial charge is 0.226 e. The van der Waals surface area contributed by atoms with E-state index in [0.29, 0.717) is 17.5 Å². The highest BCUT2D eigenvalue weighted by Crippen LogP contribution is 2.29. The molecule has 20 heavy (non-hydrogen) atoms. The first-order valence-electron chi connectivity index (χ1n) is 6.30. The van der Waals surface area contributed by atoms with Crippen LogP contribution in [0.5, 0.6) is 0 Å². The second-order valence-corrected chi connectivity index (χ2v) is 6.18. The molecule has 0 saturated heterocycles. The van der Waals surface area contributed by atoms with E-state index in [1.165, 1.54) is 0 Å². The molecule has 0 N–H and O–H groups in total. The van der Waals surface area contributed by atoms with Gasteiger partial charge in [0.15, 0.2) is 4.34 Å². The molecule has 1 aromatic carbocycles. The summed E-state index contributed by atoms with van der Waals surface area (Å²) < 4.78 is 6.49. The summed E-state index contributed by atoms with van der Waals surface area (Å²) in [6.07, 6.45) is 0.771. The van der Waals surface area contributed by atoms with Crippen LogP contribution in [0.15, 0.2) is 44.5 Å². The van der Waals surface area contributed by atoms with Crippen molar-refractivity contribution < 1.29 is 4.42 Å². The Balaban J connectivity index is 1.65. The number of benzene rings is 1. The number of hydrogen-bond acceptors (Lipinski definition) is 6. The van der Waals surface area contributed by atoms with Crippen molar-refractivity contribution in [3.63, 3.8) is 0 Å². The van der Waals surface area contributed by atoms with Crippen molar-refractivity contribution in [3.05, 3.63) is 47.5 Å². The number of aryl methyl sites for hydroxylation is 1. The molecule has 0 spiro atoms. The molecule has 0 amide bonds.